The molecule has 1 heterocycles. The highest BCUT2D eigenvalue weighted by molar-refractivity contribution is 6.44. The predicted octanol–water partition coefficient (Wildman–Crippen LogP) is 3.86. The van der Waals surface area contributed by atoms with Gasteiger partial charge in [-0.3, -0.25) is 9.59 Å². The number of halogens is 2. The monoisotopic (exact) mass is 373 g/mol. The molecule has 1 aliphatic heterocycles. The van der Waals surface area contributed by atoms with Crippen molar-refractivity contribution in [1.29, 1.82) is 5.26 Å². The number of nitriles is 1. The van der Waals surface area contributed by atoms with E-state index in [1.807, 2.05) is 6.07 Å². The summed E-state index contributed by atoms with van der Waals surface area (Å²) in [7, 11) is 0. The molecule has 5 nitrogen and oxygen atoms in total. The van der Waals surface area contributed by atoms with Gasteiger partial charge in [0.1, 0.15) is 0 Å². The molecule has 3 rings (SSSR count). The molecule has 0 saturated carbocycles. The first-order valence-electron chi connectivity index (χ1n) is 7.55. The second-order valence-corrected chi connectivity index (χ2v) is 6.44. The van der Waals surface area contributed by atoms with E-state index in [2.05, 4.69) is 5.32 Å². The van der Waals surface area contributed by atoms with E-state index < -0.39 is 5.92 Å². The van der Waals surface area contributed by atoms with E-state index in [-0.39, 0.29) is 29.8 Å². The quantitative estimate of drug-likeness (QED) is 0.887. The van der Waals surface area contributed by atoms with Crippen LogP contribution in [0.1, 0.15) is 12.0 Å². The Morgan fingerprint density at radius 2 is 1.92 bits per heavy atom. The van der Waals surface area contributed by atoms with Crippen molar-refractivity contribution in [1.82, 2.24) is 0 Å². The van der Waals surface area contributed by atoms with Crippen molar-refractivity contribution in [2.75, 3.05) is 16.8 Å². The molecule has 126 valence electrons. The van der Waals surface area contributed by atoms with Crippen LogP contribution in [-0.4, -0.2) is 18.4 Å². The molecule has 0 aliphatic carbocycles. The Bertz CT molecular complexity index is 875. The van der Waals surface area contributed by atoms with E-state index in [1.54, 1.807) is 47.4 Å². The maximum absolute atomic E-state index is 12.5. The minimum Gasteiger partial charge on any atom is -0.324 e. The Hall–Kier alpha value is -2.55. The first kappa shape index (κ1) is 17.3. The maximum atomic E-state index is 12.5. The van der Waals surface area contributed by atoms with Gasteiger partial charge in [-0.25, -0.2) is 0 Å². The summed E-state index contributed by atoms with van der Waals surface area (Å²) < 4.78 is 0. The van der Waals surface area contributed by atoms with Crippen LogP contribution in [0.2, 0.25) is 10.0 Å². The van der Waals surface area contributed by atoms with Gasteiger partial charge in [0.05, 0.1) is 33.3 Å². The predicted molar refractivity (Wildman–Crippen MR) is 96.7 cm³/mol. The number of amides is 2. The lowest BCUT2D eigenvalue weighted by atomic mass is 10.1. The molecule has 0 bridgehead atoms. The molecule has 2 aromatic carbocycles. The van der Waals surface area contributed by atoms with Crippen LogP contribution in [0, 0.1) is 17.2 Å². The zero-order chi connectivity index (χ0) is 18.0. The number of hydrogen-bond donors (Lipinski definition) is 1. The molecule has 1 saturated heterocycles. The first-order valence-corrected chi connectivity index (χ1v) is 8.30. The summed E-state index contributed by atoms with van der Waals surface area (Å²) in [6.07, 6.45) is 0.115. The van der Waals surface area contributed by atoms with Crippen molar-refractivity contribution >= 4 is 46.4 Å². The molecule has 7 heteroatoms. The molecule has 1 N–H and O–H groups in total. The van der Waals surface area contributed by atoms with E-state index in [1.165, 1.54) is 0 Å². The van der Waals surface area contributed by atoms with Gasteiger partial charge in [-0.1, -0.05) is 29.3 Å². The van der Waals surface area contributed by atoms with Gasteiger partial charge in [0.15, 0.2) is 0 Å². The Morgan fingerprint density at radius 3 is 2.60 bits per heavy atom. The van der Waals surface area contributed by atoms with E-state index in [9.17, 15) is 9.59 Å². The van der Waals surface area contributed by atoms with E-state index in [0.29, 0.717) is 22.0 Å². The Kier molecular flexibility index (Phi) is 4.93. The van der Waals surface area contributed by atoms with Crippen molar-refractivity contribution in [2.24, 2.45) is 5.92 Å². The van der Waals surface area contributed by atoms with E-state index in [4.69, 9.17) is 28.5 Å². The number of nitrogens with zero attached hydrogens (tertiary/aromatic N) is 2. The van der Waals surface area contributed by atoms with Crippen molar-refractivity contribution in [3.63, 3.8) is 0 Å². The normalized spacial score (nSPS) is 16.6. The van der Waals surface area contributed by atoms with Gasteiger partial charge in [-0.15, -0.1) is 0 Å². The minimum absolute atomic E-state index is 0.115. The fourth-order valence-corrected chi connectivity index (χ4v) is 3.03. The lowest BCUT2D eigenvalue weighted by molar-refractivity contribution is -0.122. The van der Waals surface area contributed by atoms with Gasteiger partial charge in [-0.2, -0.15) is 5.26 Å². The molecule has 25 heavy (non-hydrogen) atoms. The van der Waals surface area contributed by atoms with Gasteiger partial charge in [-0.05, 0) is 36.4 Å². The van der Waals surface area contributed by atoms with Crippen LogP contribution in [0.5, 0.6) is 0 Å². The van der Waals surface area contributed by atoms with Gasteiger partial charge in [0.25, 0.3) is 0 Å². The molecule has 0 spiro atoms. The number of anilines is 2. The molecule has 0 aromatic heterocycles. The Labute approximate surface area is 154 Å². The molecule has 2 aromatic rings. The lowest BCUT2D eigenvalue weighted by Gasteiger charge is -2.17. The van der Waals surface area contributed by atoms with Crippen LogP contribution < -0.4 is 10.2 Å². The highest BCUT2D eigenvalue weighted by Crippen LogP contribution is 2.31. The summed E-state index contributed by atoms with van der Waals surface area (Å²) in [5, 5.41) is 12.2. The van der Waals surface area contributed by atoms with E-state index >= 15 is 0 Å². The third kappa shape index (κ3) is 3.60. The molecule has 1 fully saturated rings. The van der Waals surface area contributed by atoms with Gasteiger partial charge in [0, 0.05) is 18.7 Å². The highest BCUT2D eigenvalue weighted by Gasteiger charge is 2.35. The molecule has 0 radical (unpaired) electrons. The molecule has 1 unspecified atom stereocenters. The molecule has 1 atom stereocenters. The molecular formula is C18H13Cl2N3O2. The molecule has 1 aliphatic rings. The summed E-state index contributed by atoms with van der Waals surface area (Å²) in [6, 6.07) is 13.7. The van der Waals surface area contributed by atoms with Gasteiger partial charge in [0.2, 0.25) is 11.8 Å². The second kappa shape index (κ2) is 7.14. The number of carbonyl (C=O) groups excluding carboxylic acids is 2. The standard InChI is InChI=1S/C18H13Cl2N3O2/c19-14-2-1-3-15(17(14)20)22-18(25)12-8-16(24)23(10-12)13-6-4-11(9-21)5-7-13/h1-7,12H,8,10H2,(H,22,25). The van der Waals surface area contributed by atoms with Crippen molar-refractivity contribution in [3.05, 3.63) is 58.1 Å². The van der Waals surface area contributed by atoms with E-state index in [0.717, 1.165) is 0 Å². The molecular weight excluding hydrogens is 361 g/mol. The van der Waals surface area contributed by atoms with Crippen LogP contribution in [0.4, 0.5) is 11.4 Å². The maximum Gasteiger partial charge on any atom is 0.229 e. The Balaban J connectivity index is 1.72. The average Bonchev–Trinajstić information content (AvgIpc) is 3.01. The fraction of sp³-hybridized carbons (Fsp3) is 0.167. The fourth-order valence-electron chi connectivity index (χ4n) is 2.68. The van der Waals surface area contributed by atoms with Crippen molar-refractivity contribution in [2.45, 2.75) is 6.42 Å². The van der Waals surface area contributed by atoms with Gasteiger partial charge < -0.3 is 10.2 Å². The smallest absolute Gasteiger partial charge is 0.229 e. The van der Waals surface area contributed by atoms with Crippen LogP contribution in [-0.2, 0) is 9.59 Å². The zero-order valence-electron chi connectivity index (χ0n) is 13.0. The van der Waals surface area contributed by atoms with Crippen LogP contribution in [0.3, 0.4) is 0 Å². The molecule has 2 amide bonds. The van der Waals surface area contributed by atoms with Crippen molar-refractivity contribution in [3.8, 4) is 6.07 Å². The third-order valence-corrected chi connectivity index (χ3v) is 4.83. The lowest BCUT2D eigenvalue weighted by Crippen LogP contribution is -2.28. The number of benzene rings is 2. The summed E-state index contributed by atoms with van der Waals surface area (Å²) in [6.45, 7) is 0.273. The summed E-state index contributed by atoms with van der Waals surface area (Å²) in [4.78, 5) is 26.3. The summed E-state index contributed by atoms with van der Waals surface area (Å²) in [5.41, 5.74) is 1.60. The number of carbonyl (C=O) groups is 2. The van der Waals surface area contributed by atoms with Crippen LogP contribution in [0.15, 0.2) is 42.5 Å². The highest BCUT2D eigenvalue weighted by atomic mass is 35.5. The number of hydrogen-bond acceptors (Lipinski definition) is 3. The summed E-state index contributed by atoms with van der Waals surface area (Å²) >= 11 is 12.0. The number of rotatable bonds is 3. The minimum atomic E-state index is -0.488. The topological polar surface area (TPSA) is 73.2 Å². The average molecular weight is 374 g/mol. The third-order valence-electron chi connectivity index (χ3n) is 4.01. The first-order chi connectivity index (χ1) is 12.0. The van der Waals surface area contributed by atoms with Gasteiger partial charge >= 0.3 is 0 Å². The largest absolute Gasteiger partial charge is 0.324 e. The number of nitrogens with one attached hydrogen (secondary N) is 1. The summed E-state index contributed by atoms with van der Waals surface area (Å²) in [5.74, 6) is -0.908. The zero-order valence-corrected chi connectivity index (χ0v) is 14.5. The van der Waals surface area contributed by atoms with Crippen LogP contribution in [0.25, 0.3) is 0 Å². The second-order valence-electron chi connectivity index (χ2n) is 5.65. The van der Waals surface area contributed by atoms with Crippen molar-refractivity contribution < 1.29 is 9.59 Å². The Morgan fingerprint density at radius 1 is 1.20 bits per heavy atom. The SMILES string of the molecule is N#Cc1ccc(N2CC(C(=O)Nc3cccc(Cl)c3Cl)CC2=O)cc1. The van der Waals surface area contributed by atoms with Crippen LogP contribution >= 0.6 is 23.2 Å².